The van der Waals surface area contributed by atoms with Crippen molar-refractivity contribution in [2.45, 2.75) is 40.2 Å². The molecule has 0 spiro atoms. The molecule has 0 aliphatic heterocycles. The second-order valence-electron chi connectivity index (χ2n) is 5.81. The van der Waals surface area contributed by atoms with Gasteiger partial charge in [0.15, 0.2) is 17.5 Å². The lowest BCUT2D eigenvalue weighted by Crippen LogP contribution is -2.37. The van der Waals surface area contributed by atoms with E-state index in [1.54, 1.807) is 14.2 Å². The number of hydrogen-bond acceptors (Lipinski definition) is 3. The van der Waals surface area contributed by atoms with E-state index in [1.807, 2.05) is 25.1 Å². The van der Waals surface area contributed by atoms with E-state index in [2.05, 4.69) is 29.5 Å². The molecule has 0 saturated heterocycles. The second kappa shape index (κ2) is 13.1. The molecule has 0 aliphatic carbocycles. The van der Waals surface area contributed by atoms with Crippen LogP contribution in [0.25, 0.3) is 0 Å². The van der Waals surface area contributed by atoms with E-state index < -0.39 is 0 Å². The highest BCUT2D eigenvalue weighted by atomic mass is 127. The fourth-order valence-corrected chi connectivity index (χ4v) is 2.22. The van der Waals surface area contributed by atoms with Gasteiger partial charge in [0, 0.05) is 20.1 Å². The van der Waals surface area contributed by atoms with Crippen LogP contribution in [0.2, 0.25) is 0 Å². The summed E-state index contributed by atoms with van der Waals surface area (Å²) < 4.78 is 10.9. The van der Waals surface area contributed by atoms with Gasteiger partial charge in [-0.15, -0.1) is 24.0 Å². The molecule has 0 aromatic heterocycles. The summed E-state index contributed by atoms with van der Waals surface area (Å²) in [5, 5.41) is 6.66. The molecule has 0 bridgehead atoms. The SMILES string of the molecule is CCOc1ccc(CNC(=NC)NCCCC(C)C)cc1OC.I. The summed E-state index contributed by atoms with van der Waals surface area (Å²) in [5.74, 6) is 3.09. The zero-order chi connectivity index (χ0) is 17.1. The molecule has 6 heteroatoms. The number of rotatable bonds is 9. The highest BCUT2D eigenvalue weighted by Crippen LogP contribution is 2.27. The van der Waals surface area contributed by atoms with Gasteiger partial charge in [0.2, 0.25) is 0 Å². The molecule has 138 valence electrons. The van der Waals surface area contributed by atoms with E-state index in [1.165, 1.54) is 6.42 Å². The molecule has 0 radical (unpaired) electrons. The normalized spacial score (nSPS) is 11.0. The average Bonchev–Trinajstić information content (AvgIpc) is 2.55. The molecule has 1 aromatic carbocycles. The van der Waals surface area contributed by atoms with Crippen LogP contribution in [0.3, 0.4) is 0 Å². The third kappa shape index (κ3) is 8.61. The van der Waals surface area contributed by atoms with Crippen molar-refractivity contribution in [3.8, 4) is 11.5 Å². The van der Waals surface area contributed by atoms with Gasteiger partial charge in [-0.1, -0.05) is 19.9 Å². The highest BCUT2D eigenvalue weighted by molar-refractivity contribution is 14.0. The van der Waals surface area contributed by atoms with Crippen molar-refractivity contribution in [3.63, 3.8) is 0 Å². The summed E-state index contributed by atoms with van der Waals surface area (Å²) in [4.78, 5) is 4.25. The van der Waals surface area contributed by atoms with Crippen LogP contribution in [0.1, 0.15) is 39.2 Å². The maximum absolute atomic E-state index is 5.53. The van der Waals surface area contributed by atoms with E-state index in [-0.39, 0.29) is 24.0 Å². The Morgan fingerprint density at radius 3 is 2.54 bits per heavy atom. The van der Waals surface area contributed by atoms with Gasteiger partial charge in [-0.2, -0.15) is 0 Å². The quantitative estimate of drug-likeness (QED) is 0.261. The van der Waals surface area contributed by atoms with Crippen LogP contribution in [0, 0.1) is 5.92 Å². The molecular weight excluding hydrogens is 417 g/mol. The Morgan fingerprint density at radius 1 is 1.21 bits per heavy atom. The second-order valence-corrected chi connectivity index (χ2v) is 5.81. The highest BCUT2D eigenvalue weighted by Gasteiger charge is 2.06. The van der Waals surface area contributed by atoms with Crippen LogP contribution in [0.5, 0.6) is 11.5 Å². The van der Waals surface area contributed by atoms with Crippen LogP contribution in [-0.2, 0) is 6.54 Å². The van der Waals surface area contributed by atoms with Crippen molar-refractivity contribution in [1.29, 1.82) is 0 Å². The number of nitrogens with zero attached hydrogens (tertiary/aromatic N) is 1. The summed E-state index contributed by atoms with van der Waals surface area (Å²) in [7, 11) is 3.45. The average molecular weight is 449 g/mol. The monoisotopic (exact) mass is 449 g/mol. The fourth-order valence-electron chi connectivity index (χ4n) is 2.22. The zero-order valence-corrected chi connectivity index (χ0v) is 17.8. The number of benzene rings is 1. The van der Waals surface area contributed by atoms with Gasteiger partial charge in [0.25, 0.3) is 0 Å². The smallest absolute Gasteiger partial charge is 0.191 e. The number of methoxy groups -OCH3 is 1. The van der Waals surface area contributed by atoms with Gasteiger partial charge in [-0.05, 0) is 43.4 Å². The van der Waals surface area contributed by atoms with E-state index in [0.29, 0.717) is 13.2 Å². The molecule has 1 aromatic rings. The minimum Gasteiger partial charge on any atom is -0.493 e. The van der Waals surface area contributed by atoms with Crippen LogP contribution >= 0.6 is 24.0 Å². The van der Waals surface area contributed by atoms with Crippen LogP contribution < -0.4 is 20.1 Å². The third-order valence-corrected chi connectivity index (χ3v) is 3.46. The molecule has 0 heterocycles. The van der Waals surface area contributed by atoms with Crippen LogP contribution in [0.15, 0.2) is 23.2 Å². The molecule has 24 heavy (non-hydrogen) atoms. The molecule has 1 rings (SSSR count). The lowest BCUT2D eigenvalue weighted by atomic mass is 10.1. The molecular formula is C18H32IN3O2. The summed E-state index contributed by atoms with van der Waals surface area (Å²) in [6.07, 6.45) is 2.37. The van der Waals surface area contributed by atoms with Crippen LogP contribution in [0.4, 0.5) is 0 Å². The van der Waals surface area contributed by atoms with Gasteiger partial charge >= 0.3 is 0 Å². The van der Waals surface area contributed by atoms with Gasteiger partial charge in [-0.25, -0.2) is 0 Å². The van der Waals surface area contributed by atoms with Crippen molar-refractivity contribution in [3.05, 3.63) is 23.8 Å². The first-order valence-electron chi connectivity index (χ1n) is 8.34. The Bertz CT molecular complexity index is 493. The molecule has 0 atom stereocenters. The molecule has 0 aliphatic rings. The first-order chi connectivity index (χ1) is 11.1. The molecule has 0 unspecified atom stereocenters. The van der Waals surface area contributed by atoms with Gasteiger partial charge in [0.05, 0.1) is 13.7 Å². The maximum atomic E-state index is 5.53. The Balaban J connectivity index is 0.00000529. The number of ether oxygens (including phenoxy) is 2. The van der Waals surface area contributed by atoms with Crippen molar-refractivity contribution in [2.75, 3.05) is 27.3 Å². The van der Waals surface area contributed by atoms with Gasteiger partial charge in [-0.3, -0.25) is 4.99 Å². The van der Waals surface area contributed by atoms with E-state index in [9.17, 15) is 0 Å². The number of aliphatic imine (C=N–C) groups is 1. The van der Waals surface area contributed by atoms with Crippen molar-refractivity contribution < 1.29 is 9.47 Å². The lowest BCUT2D eigenvalue weighted by molar-refractivity contribution is 0.310. The van der Waals surface area contributed by atoms with E-state index in [0.717, 1.165) is 41.9 Å². The summed E-state index contributed by atoms with van der Waals surface area (Å²) in [6.45, 7) is 8.70. The van der Waals surface area contributed by atoms with Gasteiger partial charge in [0.1, 0.15) is 0 Å². The third-order valence-electron chi connectivity index (χ3n) is 3.46. The molecule has 0 amide bonds. The molecule has 0 saturated carbocycles. The first-order valence-corrected chi connectivity index (χ1v) is 8.34. The summed E-state index contributed by atoms with van der Waals surface area (Å²) in [6, 6.07) is 5.97. The van der Waals surface area contributed by atoms with Crippen molar-refractivity contribution >= 4 is 29.9 Å². The zero-order valence-electron chi connectivity index (χ0n) is 15.5. The molecule has 0 fully saturated rings. The van der Waals surface area contributed by atoms with E-state index >= 15 is 0 Å². The predicted octanol–water partition coefficient (Wildman–Crippen LogP) is 3.81. The molecule has 5 nitrogen and oxygen atoms in total. The fraction of sp³-hybridized carbons (Fsp3) is 0.611. The Morgan fingerprint density at radius 2 is 1.96 bits per heavy atom. The number of nitrogens with one attached hydrogen (secondary N) is 2. The van der Waals surface area contributed by atoms with E-state index in [4.69, 9.17) is 9.47 Å². The Kier molecular flexibility index (Phi) is 12.5. The summed E-state index contributed by atoms with van der Waals surface area (Å²) in [5.41, 5.74) is 1.12. The maximum Gasteiger partial charge on any atom is 0.191 e. The predicted molar refractivity (Wildman–Crippen MR) is 112 cm³/mol. The largest absolute Gasteiger partial charge is 0.493 e. The molecule has 2 N–H and O–H groups in total. The number of hydrogen-bond donors (Lipinski definition) is 2. The Labute approximate surface area is 163 Å². The van der Waals surface area contributed by atoms with Gasteiger partial charge < -0.3 is 20.1 Å². The minimum absolute atomic E-state index is 0. The minimum atomic E-state index is 0. The standard InChI is InChI=1S/C18H31N3O2.HI/c1-6-23-16-10-9-15(12-17(16)22-5)13-21-18(19-4)20-11-7-8-14(2)3;/h9-10,12,14H,6-8,11,13H2,1-5H3,(H2,19,20,21);1H. The van der Waals surface area contributed by atoms with Crippen molar-refractivity contribution in [1.82, 2.24) is 10.6 Å². The van der Waals surface area contributed by atoms with Crippen LogP contribution in [-0.4, -0.2) is 33.3 Å². The Hall–Kier alpha value is -1.18. The number of halogens is 1. The van der Waals surface area contributed by atoms with Crippen molar-refractivity contribution in [2.24, 2.45) is 10.9 Å². The number of guanidine groups is 1. The lowest BCUT2D eigenvalue weighted by Gasteiger charge is -2.14. The summed E-state index contributed by atoms with van der Waals surface area (Å²) >= 11 is 0. The topological polar surface area (TPSA) is 54.9 Å². The first kappa shape index (κ1) is 22.8.